The number of aromatic nitrogens is 2. The lowest BCUT2D eigenvalue weighted by Gasteiger charge is -2.29. The maximum Gasteiger partial charge on any atom is 0.213 e. The predicted molar refractivity (Wildman–Crippen MR) is 81.2 cm³/mol. The molecule has 0 fully saturated rings. The van der Waals surface area contributed by atoms with E-state index in [-0.39, 0.29) is 11.2 Å². The third-order valence-electron chi connectivity index (χ3n) is 3.87. The number of carbonyl (C=O) groups is 1. The van der Waals surface area contributed by atoms with E-state index in [9.17, 15) is 4.79 Å². The van der Waals surface area contributed by atoms with Gasteiger partial charge in [-0.25, -0.2) is 4.98 Å². The van der Waals surface area contributed by atoms with Gasteiger partial charge in [0.1, 0.15) is 0 Å². The van der Waals surface area contributed by atoms with Crippen molar-refractivity contribution < 1.29 is 9.53 Å². The van der Waals surface area contributed by atoms with Gasteiger partial charge in [-0.15, -0.1) is 0 Å². The number of ether oxygens (including phenoxy) is 1. The fourth-order valence-corrected chi connectivity index (χ4v) is 2.94. The first-order valence-electron chi connectivity index (χ1n) is 7.33. The van der Waals surface area contributed by atoms with Crippen molar-refractivity contribution in [2.75, 3.05) is 6.61 Å². The van der Waals surface area contributed by atoms with Gasteiger partial charge in [0.15, 0.2) is 5.78 Å². The van der Waals surface area contributed by atoms with Crippen LogP contribution in [-0.2, 0) is 6.42 Å². The third-order valence-corrected chi connectivity index (χ3v) is 3.87. The molecular weight excluding hydrogens is 264 g/mol. The summed E-state index contributed by atoms with van der Waals surface area (Å²) in [5.41, 5.74) is 2.91. The first-order valence-corrected chi connectivity index (χ1v) is 7.33. The van der Waals surface area contributed by atoms with Crippen LogP contribution in [0.2, 0.25) is 0 Å². The van der Waals surface area contributed by atoms with Gasteiger partial charge in [-0.2, -0.15) is 0 Å². The van der Waals surface area contributed by atoms with Crippen LogP contribution in [0.5, 0.6) is 5.88 Å². The highest BCUT2D eigenvalue weighted by molar-refractivity contribution is 5.99. The molecule has 0 N–H and O–H groups in total. The van der Waals surface area contributed by atoms with Crippen LogP contribution in [0.3, 0.4) is 0 Å². The van der Waals surface area contributed by atoms with E-state index < -0.39 is 0 Å². The van der Waals surface area contributed by atoms with Crippen LogP contribution in [0.25, 0.3) is 5.69 Å². The Morgan fingerprint density at radius 1 is 1.29 bits per heavy atom. The molecule has 0 saturated heterocycles. The minimum atomic E-state index is 0.0128. The maximum atomic E-state index is 12.2. The van der Waals surface area contributed by atoms with Crippen molar-refractivity contribution in [1.29, 1.82) is 0 Å². The van der Waals surface area contributed by atoms with Gasteiger partial charge in [-0.3, -0.25) is 4.79 Å². The molecule has 2 aromatic heterocycles. The van der Waals surface area contributed by atoms with Crippen LogP contribution in [-0.4, -0.2) is 21.9 Å². The zero-order valence-electron chi connectivity index (χ0n) is 12.7. The Morgan fingerprint density at radius 2 is 2.10 bits per heavy atom. The van der Waals surface area contributed by atoms with Crippen LogP contribution in [0.1, 0.15) is 43.2 Å². The lowest BCUT2D eigenvalue weighted by molar-refractivity contribution is 0.0911. The summed E-state index contributed by atoms with van der Waals surface area (Å²) in [5, 5.41) is 0. The van der Waals surface area contributed by atoms with Crippen molar-refractivity contribution in [2.24, 2.45) is 5.41 Å². The number of nitrogens with zero attached hydrogens (tertiary/aromatic N) is 2. The zero-order chi connectivity index (χ0) is 15.0. The molecule has 1 aliphatic carbocycles. The summed E-state index contributed by atoms with van der Waals surface area (Å²) >= 11 is 0. The fourth-order valence-electron chi connectivity index (χ4n) is 2.94. The second-order valence-corrected chi connectivity index (χ2v) is 6.27. The van der Waals surface area contributed by atoms with Gasteiger partial charge in [-0.1, -0.05) is 13.8 Å². The SMILES string of the molecule is CCOc1ccc(-n2ccc3c2CC(C)(C)CC3=O)cn1. The summed E-state index contributed by atoms with van der Waals surface area (Å²) in [6.07, 6.45) is 5.26. The van der Waals surface area contributed by atoms with E-state index >= 15 is 0 Å². The minimum absolute atomic E-state index is 0.0128. The van der Waals surface area contributed by atoms with Crippen LogP contribution in [0, 0.1) is 5.41 Å². The standard InChI is InChI=1S/C17H20N2O2/c1-4-21-16-6-5-12(11-18-16)19-8-7-13-14(19)9-17(2,3)10-15(13)20/h5-8,11H,4,9-10H2,1-3H3. The van der Waals surface area contributed by atoms with Crippen molar-refractivity contribution >= 4 is 5.78 Å². The normalized spacial score (nSPS) is 16.6. The summed E-state index contributed by atoms with van der Waals surface area (Å²) in [7, 11) is 0. The van der Waals surface area contributed by atoms with E-state index in [4.69, 9.17) is 4.74 Å². The largest absolute Gasteiger partial charge is 0.478 e. The van der Waals surface area contributed by atoms with Crippen LogP contribution in [0.4, 0.5) is 0 Å². The van der Waals surface area contributed by atoms with Gasteiger partial charge < -0.3 is 9.30 Å². The zero-order valence-corrected chi connectivity index (χ0v) is 12.7. The number of hydrogen-bond donors (Lipinski definition) is 0. The quantitative estimate of drug-likeness (QED) is 0.867. The third kappa shape index (κ3) is 2.58. The highest BCUT2D eigenvalue weighted by atomic mass is 16.5. The number of pyridine rings is 1. The Hall–Kier alpha value is -2.10. The number of ketones is 1. The van der Waals surface area contributed by atoms with Crippen molar-refractivity contribution in [3.63, 3.8) is 0 Å². The molecule has 2 heterocycles. The first kappa shape index (κ1) is 13.9. The Morgan fingerprint density at radius 3 is 2.76 bits per heavy atom. The average Bonchev–Trinajstić information content (AvgIpc) is 2.82. The summed E-state index contributed by atoms with van der Waals surface area (Å²) in [4.78, 5) is 16.5. The molecule has 4 heteroatoms. The molecular formula is C17H20N2O2. The predicted octanol–water partition coefficient (Wildman–Crippen LogP) is 3.43. The molecule has 0 atom stereocenters. The molecule has 0 unspecified atom stereocenters. The molecule has 21 heavy (non-hydrogen) atoms. The van der Waals surface area contributed by atoms with E-state index in [1.165, 1.54) is 0 Å². The molecule has 0 saturated carbocycles. The Bertz CT molecular complexity index is 669. The molecule has 1 aliphatic rings. The van der Waals surface area contributed by atoms with E-state index in [1.807, 2.05) is 31.3 Å². The molecule has 2 aromatic rings. The van der Waals surface area contributed by atoms with Gasteiger partial charge in [0, 0.05) is 29.9 Å². The molecule has 0 aromatic carbocycles. The molecule has 0 amide bonds. The second kappa shape index (κ2) is 5.02. The van der Waals surface area contributed by atoms with Crippen molar-refractivity contribution in [1.82, 2.24) is 9.55 Å². The van der Waals surface area contributed by atoms with Gasteiger partial charge in [0.05, 0.1) is 18.5 Å². The van der Waals surface area contributed by atoms with Crippen molar-refractivity contribution in [3.8, 4) is 11.6 Å². The number of Topliss-reactive ketones (excluding diaryl/α,β-unsaturated/α-hetero) is 1. The minimum Gasteiger partial charge on any atom is -0.478 e. The number of hydrogen-bond acceptors (Lipinski definition) is 3. The average molecular weight is 284 g/mol. The van der Waals surface area contributed by atoms with Crippen LogP contribution in [0.15, 0.2) is 30.6 Å². The van der Waals surface area contributed by atoms with Crippen molar-refractivity contribution in [3.05, 3.63) is 41.9 Å². The molecule has 3 rings (SSSR count). The fraction of sp³-hybridized carbons (Fsp3) is 0.412. The topological polar surface area (TPSA) is 44.1 Å². The summed E-state index contributed by atoms with van der Waals surface area (Å²) < 4.78 is 7.43. The highest BCUT2D eigenvalue weighted by Crippen LogP contribution is 2.36. The van der Waals surface area contributed by atoms with E-state index in [1.54, 1.807) is 6.20 Å². The molecule has 110 valence electrons. The smallest absolute Gasteiger partial charge is 0.213 e. The summed E-state index contributed by atoms with van der Waals surface area (Å²) in [5.74, 6) is 0.859. The van der Waals surface area contributed by atoms with E-state index in [2.05, 4.69) is 23.4 Å². The Labute approximate surface area is 124 Å². The molecule has 0 aliphatic heterocycles. The van der Waals surface area contributed by atoms with E-state index in [0.29, 0.717) is 18.9 Å². The lowest BCUT2D eigenvalue weighted by atomic mass is 9.76. The van der Waals surface area contributed by atoms with Crippen molar-refractivity contribution in [2.45, 2.75) is 33.6 Å². The number of fused-ring (bicyclic) bond motifs is 1. The molecule has 0 spiro atoms. The van der Waals surface area contributed by atoms with Crippen LogP contribution < -0.4 is 4.74 Å². The molecule has 0 bridgehead atoms. The summed E-state index contributed by atoms with van der Waals surface area (Å²) in [6, 6.07) is 5.76. The second-order valence-electron chi connectivity index (χ2n) is 6.27. The maximum absolute atomic E-state index is 12.2. The number of carbonyl (C=O) groups excluding carboxylic acids is 1. The first-order chi connectivity index (χ1) is 10.00. The van der Waals surface area contributed by atoms with E-state index in [0.717, 1.165) is 23.4 Å². The van der Waals surface area contributed by atoms with Gasteiger partial charge in [0.25, 0.3) is 0 Å². The highest BCUT2D eigenvalue weighted by Gasteiger charge is 2.33. The van der Waals surface area contributed by atoms with Gasteiger partial charge >= 0.3 is 0 Å². The Kier molecular flexibility index (Phi) is 3.32. The summed E-state index contributed by atoms with van der Waals surface area (Å²) in [6.45, 7) is 6.82. The van der Waals surface area contributed by atoms with Gasteiger partial charge in [0.2, 0.25) is 5.88 Å². The lowest BCUT2D eigenvalue weighted by Crippen LogP contribution is -2.27. The van der Waals surface area contributed by atoms with Gasteiger partial charge in [-0.05, 0) is 30.9 Å². The molecule has 0 radical (unpaired) electrons. The number of rotatable bonds is 3. The molecule has 4 nitrogen and oxygen atoms in total. The monoisotopic (exact) mass is 284 g/mol. The van der Waals surface area contributed by atoms with Crippen LogP contribution >= 0.6 is 0 Å². The Balaban J connectivity index is 1.99.